The van der Waals surface area contributed by atoms with Gasteiger partial charge >= 0.3 is 6.09 Å². The van der Waals surface area contributed by atoms with Crippen LogP contribution in [-0.4, -0.2) is 40.3 Å². The first kappa shape index (κ1) is 16.5. The second-order valence-corrected chi connectivity index (χ2v) is 6.31. The van der Waals surface area contributed by atoms with E-state index in [9.17, 15) is 9.18 Å². The zero-order valence-electron chi connectivity index (χ0n) is 13.0. The number of carboxylic acid groups (broad SMARTS) is 1. The Balaban J connectivity index is 1.79. The third kappa shape index (κ3) is 3.28. The van der Waals surface area contributed by atoms with Gasteiger partial charge in [0.2, 0.25) is 5.95 Å². The fourth-order valence-corrected chi connectivity index (χ4v) is 2.70. The molecule has 0 spiro atoms. The summed E-state index contributed by atoms with van der Waals surface area (Å²) in [5.74, 6) is -0.232. The van der Waals surface area contributed by atoms with Crippen molar-refractivity contribution in [2.75, 3.05) is 13.7 Å². The molecule has 1 aromatic carbocycles. The predicted molar refractivity (Wildman–Crippen MR) is 87.9 cm³/mol. The van der Waals surface area contributed by atoms with Crippen molar-refractivity contribution >= 4 is 17.7 Å². The van der Waals surface area contributed by atoms with Crippen LogP contribution < -0.4 is 4.74 Å². The number of nitrogens with zero attached hydrogens (tertiary/aromatic N) is 2. The maximum absolute atomic E-state index is 14.0. The van der Waals surface area contributed by atoms with Gasteiger partial charge in [-0.25, -0.2) is 9.78 Å². The van der Waals surface area contributed by atoms with Gasteiger partial charge in [0, 0.05) is 17.6 Å². The Morgan fingerprint density at radius 2 is 2.21 bits per heavy atom. The summed E-state index contributed by atoms with van der Waals surface area (Å²) >= 11 is 5.95. The molecule has 1 amide bonds. The smallest absolute Gasteiger partial charge is 0.407 e. The molecule has 0 radical (unpaired) electrons. The number of likely N-dealkylation sites (N-methyl/N-ethyl adjacent to an activating group) is 1. The average molecular weight is 351 g/mol. The van der Waals surface area contributed by atoms with Gasteiger partial charge in [0.05, 0.1) is 11.7 Å². The largest absolute Gasteiger partial charge is 0.489 e. The number of halogens is 2. The van der Waals surface area contributed by atoms with E-state index in [1.54, 1.807) is 30.3 Å². The minimum absolute atomic E-state index is 0.206. The standard InChI is InChI=1S/C17H16ClFN2O3/c1-21(16(22)23)17(5-6-17)10-24-13-8-14(15(19)20-9-13)11-3-2-4-12(18)7-11/h2-4,7-9H,5-6,10H2,1H3,(H,22,23). The molecule has 24 heavy (non-hydrogen) atoms. The van der Waals surface area contributed by atoms with E-state index in [1.807, 2.05) is 0 Å². The molecule has 1 saturated carbocycles. The van der Waals surface area contributed by atoms with E-state index >= 15 is 0 Å². The molecular weight excluding hydrogens is 335 g/mol. The Hall–Kier alpha value is -2.34. The van der Waals surface area contributed by atoms with Crippen LogP contribution in [0.3, 0.4) is 0 Å². The van der Waals surface area contributed by atoms with Crippen molar-refractivity contribution in [3.05, 3.63) is 47.5 Å². The maximum atomic E-state index is 14.0. The number of rotatable bonds is 5. The van der Waals surface area contributed by atoms with Crippen molar-refractivity contribution in [3.63, 3.8) is 0 Å². The van der Waals surface area contributed by atoms with Crippen LogP contribution in [0.15, 0.2) is 36.5 Å². The maximum Gasteiger partial charge on any atom is 0.407 e. The van der Waals surface area contributed by atoms with Crippen molar-refractivity contribution in [1.82, 2.24) is 9.88 Å². The summed E-state index contributed by atoms with van der Waals surface area (Å²) in [5, 5.41) is 9.60. The molecule has 1 aromatic heterocycles. The highest BCUT2D eigenvalue weighted by Gasteiger charge is 2.49. The van der Waals surface area contributed by atoms with Crippen LogP contribution in [0.5, 0.6) is 5.75 Å². The molecule has 5 nitrogen and oxygen atoms in total. The topological polar surface area (TPSA) is 62.7 Å². The van der Waals surface area contributed by atoms with Crippen LogP contribution in [-0.2, 0) is 0 Å². The van der Waals surface area contributed by atoms with Crippen LogP contribution in [0.2, 0.25) is 5.02 Å². The van der Waals surface area contributed by atoms with Crippen molar-refractivity contribution in [3.8, 4) is 16.9 Å². The van der Waals surface area contributed by atoms with Crippen molar-refractivity contribution in [2.24, 2.45) is 0 Å². The Labute approximate surface area is 143 Å². The van der Waals surface area contributed by atoms with Crippen molar-refractivity contribution in [2.45, 2.75) is 18.4 Å². The lowest BCUT2D eigenvalue weighted by Crippen LogP contribution is -2.42. The average Bonchev–Trinajstić information content (AvgIpc) is 3.34. The normalized spacial score (nSPS) is 15.0. The number of aromatic nitrogens is 1. The summed E-state index contributed by atoms with van der Waals surface area (Å²) in [5.41, 5.74) is 0.379. The van der Waals surface area contributed by atoms with Gasteiger partial charge in [-0.05, 0) is 36.6 Å². The third-order valence-corrected chi connectivity index (χ3v) is 4.52. The van der Waals surface area contributed by atoms with Gasteiger partial charge < -0.3 is 14.7 Å². The highest BCUT2D eigenvalue weighted by atomic mass is 35.5. The third-order valence-electron chi connectivity index (χ3n) is 4.28. The van der Waals surface area contributed by atoms with Gasteiger partial charge in [0.25, 0.3) is 0 Å². The molecule has 1 heterocycles. The van der Waals surface area contributed by atoms with E-state index < -0.39 is 17.6 Å². The lowest BCUT2D eigenvalue weighted by molar-refractivity contribution is 0.109. The van der Waals surface area contributed by atoms with E-state index in [0.717, 1.165) is 12.8 Å². The predicted octanol–water partition coefficient (Wildman–Crippen LogP) is 4.06. The van der Waals surface area contributed by atoms with Crippen LogP contribution >= 0.6 is 11.6 Å². The fourth-order valence-electron chi connectivity index (χ4n) is 2.51. The van der Waals surface area contributed by atoms with E-state index in [1.165, 1.54) is 18.1 Å². The summed E-state index contributed by atoms with van der Waals surface area (Å²) in [7, 11) is 1.53. The number of pyridine rings is 1. The van der Waals surface area contributed by atoms with E-state index in [2.05, 4.69) is 4.98 Å². The van der Waals surface area contributed by atoms with Gasteiger partial charge in [-0.1, -0.05) is 23.7 Å². The van der Waals surface area contributed by atoms with Gasteiger partial charge in [0.15, 0.2) is 0 Å². The second-order valence-electron chi connectivity index (χ2n) is 5.87. The highest BCUT2D eigenvalue weighted by Crippen LogP contribution is 2.41. The summed E-state index contributed by atoms with van der Waals surface area (Å²) in [6, 6.07) is 8.36. The Morgan fingerprint density at radius 1 is 1.46 bits per heavy atom. The lowest BCUT2D eigenvalue weighted by atomic mass is 10.1. The molecule has 1 aliphatic rings. The number of ether oxygens (including phenoxy) is 1. The van der Waals surface area contributed by atoms with Crippen LogP contribution in [0, 0.1) is 5.95 Å². The number of hydrogen-bond acceptors (Lipinski definition) is 3. The molecule has 0 bridgehead atoms. The van der Waals surface area contributed by atoms with E-state index in [-0.39, 0.29) is 12.2 Å². The zero-order chi connectivity index (χ0) is 17.3. The van der Waals surface area contributed by atoms with Crippen molar-refractivity contribution < 1.29 is 19.0 Å². The molecule has 126 valence electrons. The highest BCUT2D eigenvalue weighted by molar-refractivity contribution is 6.30. The summed E-state index contributed by atoms with van der Waals surface area (Å²) < 4.78 is 19.7. The minimum atomic E-state index is -0.993. The molecule has 0 aliphatic heterocycles. The first-order valence-electron chi connectivity index (χ1n) is 7.42. The fraction of sp³-hybridized carbons (Fsp3) is 0.294. The summed E-state index contributed by atoms with van der Waals surface area (Å²) in [4.78, 5) is 16.1. The monoisotopic (exact) mass is 350 g/mol. The van der Waals surface area contributed by atoms with Crippen LogP contribution in [0.1, 0.15) is 12.8 Å². The Bertz CT molecular complexity index is 780. The first-order valence-corrected chi connectivity index (χ1v) is 7.80. The molecule has 0 saturated heterocycles. The molecule has 1 N–H and O–H groups in total. The van der Waals surface area contributed by atoms with Crippen LogP contribution in [0.4, 0.5) is 9.18 Å². The SMILES string of the molecule is CN(C(=O)O)C1(COc2cnc(F)c(-c3cccc(Cl)c3)c2)CC1. The van der Waals surface area contributed by atoms with E-state index in [0.29, 0.717) is 16.3 Å². The van der Waals surface area contributed by atoms with Gasteiger partial charge in [-0.15, -0.1) is 0 Å². The lowest BCUT2D eigenvalue weighted by Gasteiger charge is -2.25. The van der Waals surface area contributed by atoms with Gasteiger partial charge in [0.1, 0.15) is 12.4 Å². The molecule has 1 fully saturated rings. The van der Waals surface area contributed by atoms with Gasteiger partial charge in [-0.3, -0.25) is 0 Å². The molecule has 2 aromatic rings. The number of benzene rings is 1. The number of hydrogen-bond donors (Lipinski definition) is 1. The first-order chi connectivity index (χ1) is 11.4. The molecule has 3 rings (SSSR count). The zero-order valence-corrected chi connectivity index (χ0v) is 13.8. The van der Waals surface area contributed by atoms with Gasteiger partial charge in [-0.2, -0.15) is 4.39 Å². The van der Waals surface area contributed by atoms with Crippen molar-refractivity contribution in [1.29, 1.82) is 0 Å². The Morgan fingerprint density at radius 3 is 2.83 bits per heavy atom. The molecule has 7 heteroatoms. The number of amides is 1. The molecular formula is C17H16ClFN2O3. The second kappa shape index (κ2) is 6.28. The van der Waals surface area contributed by atoms with Crippen LogP contribution in [0.25, 0.3) is 11.1 Å². The molecule has 0 unspecified atom stereocenters. The quantitative estimate of drug-likeness (QED) is 0.826. The van der Waals surface area contributed by atoms with E-state index in [4.69, 9.17) is 21.4 Å². The molecule has 1 aliphatic carbocycles. The summed E-state index contributed by atoms with van der Waals surface area (Å²) in [6.07, 6.45) is 1.78. The minimum Gasteiger partial charge on any atom is -0.489 e. The summed E-state index contributed by atoms with van der Waals surface area (Å²) in [6.45, 7) is 0.206. The molecule has 0 atom stereocenters. The Kier molecular flexibility index (Phi) is 4.32. The number of carbonyl (C=O) groups is 1.